The molecule has 0 aliphatic carbocycles. The molecule has 3 aromatic rings. The van der Waals surface area contributed by atoms with Crippen LogP contribution in [0.25, 0.3) is 10.2 Å². The van der Waals surface area contributed by atoms with Gasteiger partial charge in [-0.05, 0) is 30.3 Å². The molecular formula is C13H7BrF2N2S. The average Bonchev–Trinajstić information content (AvgIpc) is 2.75. The van der Waals surface area contributed by atoms with Gasteiger partial charge in [0.1, 0.15) is 0 Å². The Bertz CT molecular complexity index is 757. The molecule has 1 aromatic heterocycles. The molecule has 0 aliphatic rings. The fourth-order valence-corrected chi connectivity index (χ4v) is 3.09. The molecule has 0 spiro atoms. The molecule has 2 nitrogen and oxygen atoms in total. The van der Waals surface area contributed by atoms with Gasteiger partial charge in [0.05, 0.1) is 10.2 Å². The van der Waals surface area contributed by atoms with Gasteiger partial charge in [0.25, 0.3) is 0 Å². The Balaban J connectivity index is 1.94. The third-order valence-corrected chi connectivity index (χ3v) is 3.95. The van der Waals surface area contributed by atoms with Crippen molar-refractivity contribution in [2.75, 3.05) is 5.32 Å². The normalized spacial score (nSPS) is 10.9. The molecule has 1 heterocycles. The Labute approximate surface area is 120 Å². The lowest BCUT2D eigenvalue weighted by Crippen LogP contribution is -1.91. The summed E-state index contributed by atoms with van der Waals surface area (Å²) in [4.78, 5) is 4.37. The van der Waals surface area contributed by atoms with Crippen LogP contribution in [0.5, 0.6) is 0 Å². The van der Waals surface area contributed by atoms with E-state index < -0.39 is 11.6 Å². The largest absolute Gasteiger partial charge is 0.331 e. The molecule has 2 aromatic carbocycles. The lowest BCUT2D eigenvalue weighted by molar-refractivity contribution is 0.509. The molecule has 0 unspecified atom stereocenters. The smallest absolute Gasteiger partial charge is 0.188 e. The van der Waals surface area contributed by atoms with Gasteiger partial charge in [-0.15, -0.1) is 0 Å². The highest BCUT2D eigenvalue weighted by Gasteiger charge is 2.06. The first-order chi connectivity index (χ1) is 9.11. The minimum atomic E-state index is -0.881. The molecule has 1 N–H and O–H groups in total. The van der Waals surface area contributed by atoms with Crippen LogP contribution < -0.4 is 5.32 Å². The van der Waals surface area contributed by atoms with Gasteiger partial charge in [-0.3, -0.25) is 0 Å². The number of fused-ring (bicyclic) bond motifs is 1. The second-order valence-corrected chi connectivity index (χ2v) is 5.83. The van der Waals surface area contributed by atoms with Gasteiger partial charge < -0.3 is 5.32 Å². The number of benzene rings is 2. The molecule has 19 heavy (non-hydrogen) atoms. The van der Waals surface area contributed by atoms with Crippen LogP contribution in [0.15, 0.2) is 40.9 Å². The van der Waals surface area contributed by atoms with Gasteiger partial charge in [0.15, 0.2) is 16.8 Å². The third kappa shape index (κ3) is 2.59. The molecule has 0 bridgehead atoms. The van der Waals surface area contributed by atoms with Gasteiger partial charge in [-0.1, -0.05) is 27.3 Å². The van der Waals surface area contributed by atoms with Crippen molar-refractivity contribution >= 4 is 48.3 Å². The summed E-state index contributed by atoms with van der Waals surface area (Å²) in [7, 11) is 0. The van der Waals surface area contributed by atoms with Crippen molar-refractivity contribution < 1.29 is 8.78 Å². The Kier molecular flexibility index (Phi) is 3.20. The minimum Gasteiger partial charge on any atom is -0.331 e. The number of aromatic nitrogens is 1. The summed E-state index contributed by atoms with van der Waals surface area (Å²) in [6.45, 7) is 0. The number of hydrogen-bond donors (Lipinski definition) is 1. The molecule has 0 fully saturated rings. The fraction of sp³-hybridized carbons (Fsp3) is 0. The number of rotatable bonds is 2. The summed E-state index contributed by atoms with van der Waals surface area (Å²) in [5.74, 6) is -1.74. The topological polar surface area (TPSA) is 24.9 Å². The van der Waals surface area contributed by atoms with E-state index in [9.17, 15) is 8.78 Å². The summed E-state index contributed by atoms with van der Waals surface area (Å²) in [5, 5.41) is 3.60. The van der Waals surface area contributed by atoms with E-state index in [0.29, 0.717) is 10.8 Å². The minimum absolute atomic E-state index is 0.469. The predicted molar refractivity (Wildman–Crippen MR) is 77.0 cm³/mol. The zero-order valence-electron chi connectivity index (χ0n) is 9.45. The number of thiazole rings is 1. The van der Waals surface area contributed by atoms with Crippen LogP contribution in [0.2, 0.25) is 0 Å². The van der Waals surface area contributed by atoms with Crippen molar-refractivity contribution in [3.8, 4) is 0 Å². The summed E-state index contributed by atoms with van der Waals surface area (Å²) >= 11 is 4.84. The molecule has 6 heteroatoms. The molecule has 3 rings (SSSR count). The SMILES string of the molecule is Fc1ccc(Nc2nc3ccc(Br)cc3s2)cc1F. The number of nitrogens with one attached hydrogen (secondary N) is 1. The van der Waals surface area contributed by atoms with E-state index in [1.54, 1.807) is 0 Å². The van der Waals surface area contributed by atoms with E-state index in [0.717, 1.165) is 26.8 Å². The van der Waals surface area contributed by atoms with Crippen molar-refractivity contribution in [3.05, 3.63) is 52.5 Å². The molecular weight excluding hydrogens is 334 g/mol. The van der Waals surface area contributed by atoms with Crippen molar-refractivity contribution in [2.45, 2.75) is 0 Å². The Morgan fingerprint density at radius 3 is 2.68 bits per heavy atom. The van der Waals surface area contributed by atoms with Gasteiger partial charge in [-0.2, -0.15) is 0 Å². The zero-order chi connectivity index (χ0) is 13.4. The van der Waals surface area contributed by atoms with Crippen LogP contribution in [0.1, 0.15) is 0 Å². The van der Waals surface area contributed by atoms with Crippen LogP contribution >= 0.6 is 27.3 Å². The first-order valence-electron chi connectivity index (χ1n) is 5.40. The lowest BCUT2D eigenvalue weighted by Gasteiger charge is -2.02. The summed E-state index contributed by atoms with van der Waals surface area (Å²) in [6.07, 6.45) is 0. The van der Waals surface area contributed by atoms with Crippen molar-refractivity contribution in [3.63, 3.8) is 0 Å². The Hall–Kier alpha value is -1.53. The van der Waals surface area contributed by atoms with Crippen LogP contribution in [-0.2, 0) is 0 Å². The van der Waals surface area contributed by atoms with E-state index >= 15 is 0 Å². The molecule has 0 radical (unpaired) electrons. The van der Waals surface area contributed by atoms with Crippen LogP contribution in [0.3, 0.4) is 0 Å². The molecule has 0 saturated heterocycles. The number of nitrogens with zero attached hydrogens (tertiary/aromatic N) is 1. The third-order valence-electron chi connectivity index (χ3n) is 2.52. The van der Waals surface area contributed by atoms with Gasteiger partial charge >= 0.3 is 0 Å². The van der Waals surface area contributed by atoms with Crippen molar-refractivity contribution in [2.24, 2.45) is 0 Å². The maximum atomic E-state index is 13.1. The van der Waals surface area contributed by atoms with Gasteiger partial charge in [0.2, 0.25) is 0 Å². The molecule has 0 aliphatic heterocycles. The first kappa shape index (κ1) is 12.5. The number of hydrogen-bond acceptors (Lipinski definition) is 3. The van der Waals surface area contributed by atoms with Crippen LogP contribution in [0.4, 0.5) is 19.6 Å². The molecule has 96 valence electrons. The Morgan fingerprint density at radius 2 is 1.89 bits per heavy atom. The van der Waals surface area contributed by atoms with E-state index in [2.05, 4.69) is 26.2 Å². The van der Waals surface area contributed by atoms with E-state index in [1.807, 2.05) is 18.2 Å². The first-order valence-corrected chi connectivity index (χ1v) is 7.01. The summed E-state index contributed by atoms with van der Waals surface area (Å²) in [5.41, 5.74) is 1.33. The lowest BCUT2D eigenvalue weighted by atomic mass is 10.3. The highest BCUT2D eigenvalue weighted by atomic mass is 79.9. The second-order valence-electron chi connectivity index (χ2n) is 3.88. The van der Waals surface area contributed by atoms with E-state index in [4.69, 9.17) is 0 Å². The highest BCUT2D eigenvalue weighted by Crippen LogP contribution is 2.30. The molecule has 0 atom stereocenters. The van der Waals surface area contributed by atoms with Crippen molar-refractivity contribution in [1.29, 1.82) is 0 Å². The van der Waals surface area contributed by atoms with E-state index in [-0.39, 0.29) is 0 Å². The van der Waals surface area contributed by atoms with Crippen LogP contribution in [-0.4, -0.2) is 4.98 Å². The molecule has 0 amide bonds. The zero-order valence-corrected chi connectivity index (χ0v) is 11.9. The van der Waals surface area contributed by atoms with E-state index in [1.165, 1.54) is 17.4 Å². The van der Waals surface area contributed by atoms with Crippen LogP contribution in [0, 0.1) is 11.6 Å². The summed E-state index contributed by atoms with van der Waals surface area (Å²) in [6, 6.07) is 9.43. The quantitative estimate of drug-likeness (QED) is 0.703. The molecule has 0 saturated carbocycles. The standard InChI is InChI=1S/C13H7BrF2N2S/c14-7-1-4-11-12(5-7)19-13(18-11)17-8-2-3-9(15)10(16)6-8/h1-6H,(H,17,18). The maximum Gasteiger partial charge on any atom is 0.188 e. The average molecular weight is 341 g/mol. The summed E-state index contributed by atoms with van der Waals surface area (Å²) < 4.78 is 27.9. The predicted octanol–water partition coefficient (Wildman–Crippen LogP) is 5.08. The number of halogens is 3. The maximum absolute atomic E-state index is 13.1. The second kappa shape index (κ2) is 4.86. The Morgan fingerprint density at radius 1 is 1.05 bits per heavy atom. The van der Waals surface area contributed by atoms with Gasteiger partial charge in [0, 0.05) is 16.2 Å². The monoisotopic (exact) mass is 340 g/mol. The van der Waals surface area contributed by atoms with Crippen molar-refractivity contribution in [1.82, 2.24) is 4.98 Å². The fourth-order valence-electron chi connectivity index (χ4n) is 1.65. The van der Waals surface area contributed by atoms with Gasteiger partial charge in [-0.25, -0.2) is 13.8 Å². The number of anilines is 2. The highest BCUT2D eigenvalue weighted by molar-refractivity contribution is 9.10.